The molecule has 0 aliphatic carbocycles. The maximum atomic E-state index is 11.9. The summed E-state index contributed by atoms with van der Waals surface area (Å²) in [5.41, 5.74) is 0.582. The van der Waals surface area contributed by atoms with Crippen LogP contribution in [-0.2, 0) is 11.2 Å². The zero-order chi connectivity index (χ0) is 11.5. The third-order valence-corrected chi connectivity index (χ3v) is 2.18. The highest BCUT2D eigenvalue weighted by atomic mass is 79.9. The second-order valence-corrected chi connectivity index (χ2v) is 4.05. The number of hydrogen-bond acceptors (Lipinski definition) is 1. The van der Waals surface area contributed by atoms with E-state index in [1.54, 1.807) is 24.3 Å². The van der Waals surface area contributed by atoms with Crippen molar-refractivity contribution in [3.8, 4) is 0 Å². The molecule has 1 nitrogen and oxygen atoms in total. The minimum absolute atomic E-state index is 0.182. The van der Waals surface area contributed by atoms with Crippen molar-refractivity contribution in [1.82, 2.24) is 0 Å². The van der Waals surface area contributed by atoms with Crippen molar-refractivity contribution in [3.05, 3.63) is 34.3 Å². The van der Waals surface area contributed by atoms with Crippen molar-refractivity contribution in [2.45, 2.75) is 19.0 Å². The predicted octanol–water partition coefficient (Wildman–Crippen LogP) is 3.51. The molecule has 1 aromatic rings. The van der Waals surface area contributed by atoms with Gasteiger partial charge in [-0.25, -0.2) is 0 Å². The monoisotopic (exact) mass is 280 g/mol. The standard InChI is InChI=1S/C10H8BrF3O/c11-8-3-1-2-7(4-8)5-9(15)6-10(12,13)14/h1-4H,5-6H2. The van der Waals surface area contributed by atoms with Gasteiger partial charge in [0.25, 0.3) is 0 Å². The Labute approximate surface area is 93.4 Å². The Morgan fingerprint density at radius 2 is 2.00 bits per heavy atom. The van der Waals surface area contributed by atoms with E-state index in [1.165, 1.54) is 0 Å². The third-order valence-electron chi connectivity index (χ3n) is 1.69. The molecule has 1 aromatic carbocycles. The van der Waals surface area contributed by atoms with Gasteiger partial charge in [-0.2, -0.15) is 13.2 Å². The number of rotatable bonds is 3. The van der Waals surface area contributed by atoms with Crippen LogP contribution in [0.25, 0.3) is 0 Å². The second kappa shape index (κ2) is 4.79. The van der Waals surface area contributed by atoms with E-state index < -0.39 is 18.4 Å². The van der Waals surface area contributed by atoms with E-state index >= 15 is 0 Å². The van der Waals surface area contributed by atoms with E-state index in [0.29, 0.717) is 5.56 Å². The average Bonchev–Trinajstić information content (AvgIpc) is 1.99. The largest absolute Gasteiger partial charge is 0.395 e. The Balaban J connectivity index is 2.59. The Bertz CT molecular complexity index is 360. The number of alkyl halides is 3. The molecule has 0 unspecified atom stereocenters. The average molecular weight is 281 g/mol. The van der Waals surface area contributed by atoms with Crippen LogP contribution in [0.2, 0.25) is 0 Å². The lowest BCUT2D eigenvalue weighted by Crippen LogP contribution is -2.16. The summed E-state index contributed by atoms with van der Waals surface area (Å²) in [4.78, 5) is 11.0. The summed E-state index contributed by atoms with van der Waals surface area (Å²) in [6.07, 6.45) is -5.96. The highest BCUT2D eigenvalue weighted by Crippen LogP contribution is 2.21. The molecule has 0 spiro atoms. The van der Waals surface area contributed by atoms with Crippen molar-refractivity contribution >= 4 is 21.7 Å². The molecule has 0 aliphatic rings. The molecule has 0 N–H and O–H groups in total. The second-order valence-electron chi connectivity index (χ2n) is 3.14. The minimum Gasteiger partial charge on any atom is -0.299 e. The smallest absolute Gasteiger partial charge is 0.299 e. The van der Waals surface area contributed by atoms with Gasteiger partial charge in [0.1, 0.15) is 12.2 Å². The zero-order valence-electron chi connectivity index (χ0n) is 7.64. The molecular weight excluding hydrogens is 273 g/mol. The fourth-order valence-corrected chi connectivity index (χ4v) is 1.61. The number of ketones is 1. The molecule has 1 rings (SSSR count). The number of hydrogen-bond donors (Lipinski definition) is 0. The van der Waals surface area contributed by atoms with Gasteiger partial charge in [-0.05, 0) is 17.7 Å². The fraction of sp³-hybridized carbons (Fsp3) is 0.300. The minimum atomic E-state index is -4.41. The number of carbonyl (C=O) groups excluding carboxylic acids is 1. The predicted molar refractivity (Wildman–Crippen MR) is 53.5 cm³/mol. The highest BCUT2D eigenvalue weighted by molar-refractivity contribution is 9.10. The maximum Gasteiger partial charge on any atom is 0.395 e. The van der Waals surface area contributed by atoms with Gasteiger partial charge in [0.05, 0.1) is 0 Å². The van der Waals surface area contributed by atoms with Crippen LogP contribution in [0.4, 0.5) is 13.2 Å². The van der Waals surface area contributed by atoms with Crippen LogP contribution in [0, 0.1) is 0 Å². The molecule has 0 fully saturated rings. The van der Waals surface area contributed by atoms with Gasteiger partial charge in [-0.1, -0.05) is 28.1 Å². The first-order valence-corrected chi connectivity index (χ1v) is 4.99. The van der Waals surface area contributed by atoms with Gasteiger partial charge < -0.3 is 0 Å². The Kier molecular flexibility index (Phi) is 3.90. The van der Waals surface area contributed by atoms with Crippen LogP contribution >= 0.6 is 15.9 Å². The van der Waals surface area contributed by atoms with Gasteiger partial charge >= 0.3 is 6.18 Å². The lowest BCUT2D eigenvalue weighted by atomic mass is 10.1. The summed E-state index contributed by atoms with van der Waals surface area (Å²) in [6, 6.07) is 6.69. The van der Waals surface area contributed by atoms with Crippen molar-refractivity contribution < 1.29 is 18.0 Å². The summed E-state index contributed by atoms with van der Waals surface area (Å²) in [5, 5.41) is 0. The summed E-state index contributed by atoms with van der Waals surface area (Å²) >= 11 is 3.18. The summed E-state index contributed by atoms with van der Waals surface area (Å²) in [7, 11) is 0. The molecule has 0 bridgehead atoms. The summed E-state index contributed by atoms with van der Waals surface area (Å²) in [5.74, 6) is -0.819. The molecule has 0 saturated heterocycles. The SMILES string of the molecule is O=C(Cc1cccc(Br)c1)CC(F)(F)F. The first-order valence-electron chi connectivity index (χ1n) is 4.20. The molecule has 15 heavy (non-hydrogen) atoms. The molecule has 5 heteroatoms. The first-order chi connectivity index (χ1) is 6.87. The fourth-order valence-electron chi connectivity index (χ4n) is 1.16. The molecule has 0 saturated carbocycles. The molecule has 0 radical (unpaired) electrons. The van der Waals surface area contributed by atoms with Crippen molar-refractivity contribution in [1.29, 1.82) is 0 Å². The number of Topliss-reactive ketones (excluding diaryl/α,β-unsaturated/α-hetero) is 1. The molecule has 82 valence electrons. The van der Waals surface area contributed by atoms with Crippen molar-refractivity contribution in [2.75, 3.05) is 0 Å². The number of carbonyl (C=O) groups is 1. The van der Waals surface area contributed by atoms with E-state index in [0.717, 1.165) is 4.47 Å². The Morgan fingerprint density at radius 1 is 1.33 bits per heavy atom. The van der Waals surface area contributed by atoms with Gasteiger partial charge in [0, 0.05) is 10.9 Å². The van der Waals surface area contributed by atoms with E-state index in [2.05, 4.69) is 15.9 Å². The third kappa shape index (κ3) is 4.97. The van der Waals surface area contributed by atoms with Crippen LogP contribution in [0.5, 0.6) is 0 Å². The topological polar surface area (TPSA) is 17.1 Å². The Hall–Kier alpha value is -0.840. The highest BCUT2D eigenvalue weighted by Gasteiger charge is 2.30. The number of halogens is 4. The normalized spacial score (nSPS) is 11.5. The lowest BCUT2D eigenvalue weighted by molar-refractivity contribution is -0.151. The van der Waals surface area contributed by atoms with E-state index in [4.69, 9.17) is 0 Å². The molecule has 0 aromatic heterocycles. The van der Waals surface area contributed by atoms with Gasteiger partial charge in [-0.15, -0.1) is 0 Å². The van der Waals surface area contributed by atoms with Crippen LogP contribution in [0.3, 0.4) is 0 Å². The summed E-state index contributed by atoms with van der Waals surface area (Å²) in [6.45, 7) is 0. The quantitative estimate of drug-likeness (QED) is 0.828. The molecule has 0 heterocycles. The van der Waals surface area contributed by atoms with Crippen LogP contribution in [0.15, 0.2) is 28.7 Å². The summed E-state index contributed by atoms with van der Waals surface area (Å²) < 4.78 is 36.3. The maximum absolute atomic E-state index is 11.9. The van der Waals surface area contributed by atoms with Gasteiger partial charge in [0.15, 0.2) is 0 Å². The van der Waals surface area contributed by atoms with Crippen molar-refractivity contribution in [2.24, 2.45) is 0 Å². The van der Waals surface area contributed by atoms with Crippen LogP contribution < -0.4 is 0 Å². The Morgan fingerprint density at radius 3 is 2.53 bits per heavy atom. The zero-order valence-corrected chi connectivity index (χ0v) is 9.23. The van der Waals surface area contributed by atoms with Gasteiger partial charge in [-0.3, -0.25) is 4.79 Å². The first kappa shape index (κ1) is 12.2. The molecular formula is C10H8BrF3O. The lowest BCUT2D eigenvalue weighted by Gasteiger charge is -2.05. The van der Waals surface area contributed by atoms with E-state index in [1.807, 2.05) is 0 Å². The van der Waals surface area contributed by atoms with Gasteiger partial charge in [0.2, 0.25) is 0 Å². The van der Waals surface area contributed by atoms with Crippen LogP contribution in [-0.4, -0.2) is 12.0 Å². The molecule has 0 atom stereocenters. The van der Waals surface area contributed by atoms with E-state index in [9.17, 15) is 18.0 Å². The molecule has 0 aliphatic heterocycles. The van der Waals surface area contributed by atoms with Crippen LogP contribution in [0.1, 0.15) is 12.0 Å². The van der Waals surface area contributed by atoms with E-state index in [-0.39, 0.29) is 6.42 Å². The molecule has 0 amide bonds. The van der Waals surface area contributed by atoms with Crippen molar-refractivity contribution in [3.63, 3.8) is 0 Å². The number of benzene rings is 1.